The average Bonchev–Trinajstić information content (AvgIpc) is 3.93. The van der Waals surface area contributed by atoms with E-state index in [-0.39, 0.29) is 38.4 Å². The molecule has 1 aromatic carbocycles. The Kier molecular flexibility index (Phi) is 21.6. The predicted octanol–water partition coefficient (Wildman–Crippen LogP) is 10.7. The number of hydrogen-bond acceptors (Lipinski definition) is 6. The van der Waals surface area contributed by atoms with Crippen LogP contribution in [0.5, 0.6) is 0 Å². The second kappa shape index (κ2) is 23.7. The molecule has 297 valence electrons. The molecule has 4 aromatic rings. The minimum Gasteiger partial charge on any atom is -0.541 e. The number of nitrogens with zero attached hydrogens (tertiary/aromatic N) is 2. The molecule has 5 heterocycles. The van der Waals surface area contributed by atoms with Crippen LogP contribution in [0.4, 0.5) is 0 Å². The fraction of sp³-hybridized carbons (Fsp3) is 0.348. The maximum absolute atomic E-state index is 9.70. The van der Waals surface area contributed by atoms with Crippen molar-refractivity contribution in [1.29, 1.82) is 0 Å². The maximum atomic E-state index is 9.70. The molecule has 0 atom stereocenters. The van der Waals surface area contributed by atoms with Gasteiger partial charge in [0.25, 0.3) is 0 Å². The summed E-state index contributed by atoms with van der Waals surface area (Å²) in [6.07, 6.45) is 15.5. The molecule has 0 spiro atoms. The minimum atomic E-state index is -0.264. The molecular formula is C46H55CoN4O4-5. The van der Waals surface area contributed by atoms with E-state index < -0.39 is 0 Å². The van der Waals surface area contributed by atoms with Gasteiger partial charge in [-0.15, -0.1) is 21.7 Å². The van der Waals surface area contributed by atoms with Crippen LogP contribution in [0.3, 0.4) is 0 Å². The Morgan fingerprint density at radius 1 is 0.436 bits per heavy atom. The van der Waals surface area contributed by atoms with Crippen LogP contribution in [0.25, 0.3) is 46.4 Å². The maximum Gasteiger partial charge on any atom is 0.0659 e. The predicted molar refractivity (Wildman–Crippen MR) is 225 cm³/mol. The number of H-pyrrole nitrogens is 2. The Bertz CT molecular complexity index is 1790. The third kappa shape index (κ3) is 25.6. The number of fused-ring (bicyclic) bond motifs is 8. The first-order valence-electron chi connectivity index (χ1n) is 17.6. The van der Waals surface area contributed by atoms with E-state index in [1.165, 1.54) is 0 Å². The van der Waals surface area contributed by atoms with Crippen molar-refractivity contribution in [3.63, 3.8) is 0 Å². The quantitative estimate of drug-likeness (QED) is 0.148. The van der Waals surface area contributed by atoms with Crippen LogP contribution in [0.2, 0.25) is 0 Å². The van der Waals surface area contributed by atoms with Crippen molar-refractivity contribution in [2.75, 3.05) is 0 Å². The van der Waals surface area contributed by atoms with Gasteiger partial charge in [-0.05, 0) is 72.8 Å². The second-order valence-electron chi connectivity index (χ2n) is 16.4. The number of rotatable bonds is 0. The normalized spacial score (nSPS) is 11.3. The van der Waals surface area contributed by atoms with Crippen molar-refractivity contribution in [3.05, 3.63) is 108 Å². The van der Waals surface area contributed by atoms with Gasteiger partial charge in [0, 0.05) is 38.8 Å². The Balaban J connectivity index is 0.000000774. The molecule has 1 radical (unpaired) electrons. The van der Waals surface area contributed by atoms with Crippen molar-refractivity contribution in [3.8, 4) is 0 Å². The fourth-order valence-corrected chi connectivity index (χ4v) is 3.29. The smallest absolute Gasteiger partial charge is 0.0659 e. The fourth-order valence-electron chi connectivity index (χ4n) is 3.29. The third-order valence-corrected chi connectivity index (χ3v) is 5.87. The van der Waals surface area contributed by atoms with E-state index in [0.29, 0.717) is 0 Å². The molecule has 0 aliphatic carbocycles. The topological polar surface area (TPSA) is 126 Å². The molecule has 0 amide bonds. The molecule has 0 fully saturated rings. The molecule has 2 aliphatic heterocycles. The molecule has 6 rings (SSSR count). The zero-order chi connectivity index (χ0) is 41.0. The summed E-state index contributed by atoms with van der Waals surface area (Å²) in [6.45, 7) is 21.8. The van der Waals surface area contributed by atoms with Gasteiger partial charge in [0.1, 0.15) is 0 Å². The minimum absolute atomic E-state index is 0. The van der Waals surface area contributed by atoms with Crippen molar-refractivity contribution < 1.29 is 36.0 Å². The first-order valence-corrected chi connectivity index (χ1v) is 17.6. The van der Waals surface area contributed by atoms with Gasteiger partial charge in [-0.3, -0.25) is 25.1 Å². The third-order valence-electron chi connectivity index (χ3n) is 5.87. The Labute approximate surface area is 338 Å². The van der Waals surface area contributed by atoms with Crippen LogP contribution < -0.4 is 0 Å². The number of carbonyl (C=O) groups excluding carboxylic acids is 4. The number of nitrogens with one attached hydrogen (secondary N) is 2. The average molecular weight is 787 g/mol. The van der Waals surface area contributed by atoms with Gasteiger partial charge < -0.3 is 29.1 Å². The summed E-state index contributed by atoms with van der Waals surface area (Å²) in [7, 11) is 0. The molecule has 55 heavy (non-hydrogen) atoms. The number of aromatic nitrogens is 4. The van der Waals surface area contributed by atoms with Crippen LogP contribution in [0, 0.1) is 27.7 Å². The van der Waals surface area contributed by atoms with Crippen molar-refractivity contribution in [1.82, 2.24) is 19.9 Å². The first-order chi connectivity index (χ1) is 25.0. The summed E-state index contributed by atoms with van der Waals surface area (Å²) in [6, 6.07) is 28.9. The zero-order valence-electron chi connectivity index (χ0n) is 34.2. The SMILES string of the molecule is C1=Cc2cc3ccc(cc4ccc(cc5nc(cc1n2)C=C5)[nH]4)[nH]3.CC(C)(C)[C-]=O.CC(C)(C)[C-]=O.CC(C)(C)[C-]=O.CC(C)(C)[C-]=O.[Co].[c-]1ccccc1. The zero-order valence-corrected chi connectivity index (χ0v) is 35.2. The van der Waals surface area contributed by atoms with Gasteiger partial charge in [-0.25, -0.2) is 9.97 Å². The Morgan fingerprint density at radius 2 is 0.691 bits per heavy atom. The number of aromatic amines is 2. The molecule has 0 saturated carbocycles. The summed E-state index contributed by atoms with van der Waals surface area (Å²) >= 11 is 0. The Hall–Kier alpha value is -4.99. The van der Waals surface area contributed by atoms with Crippen molar-refractivity contribution in [2.24, 2.45) is 21.7 Å². The Morgan fingerprint density at radius 3 is 0.909 bits per heavy atom. The molecule has 3 aromatic heterocycles. The molecule has 0 saturated heterocycles. The van der Waals surface area contributed by atoms with Gasteiger partial charge in [-0.1, -0.05) is 83.1 Å². The second-order valence-corrected chi connectivity index (χ2v) is 16.4. The number of hydrogen-bond donors (Lipinski definition) is 2. The van der Waals surface area contributed by atoms with E-state index in [4.69, 9.17) is 0 Å². The summed E-state index contributed by atoms with van der Waals surface area (Å²) in [5, 5.41) is 0. The van der Waals surface area contributed by atoms with E-state index in [9.17, 15) is 19.2 Å². The van der Waals surface area contributed by atoms with E-state index in [0.717, 1.165) is 44.8 Å². The van der Waals surface area contributed by atoms with Crippen molar-refractivity contribution in [2.45, 2.75) is 83.1 Å². The van der Waals surface area contributed by atoms with Gasteiger partial charge in [0.05, 0.1) is 22.8 Å². The molecular weight excluding hydrogens is 731 g/mol. The summed E-state index contributed by atoms with van der Waals surface area (Å²) in [5.74, 6) is 0. The van der Waals surface area contributed by atoms with Crippen LogP contribution in [-0.2, 0) is 36.0 Å². The van der Waals surface area contributed by atoms with Crippen LogP contribution in [0.1, 0.15) is 106 Å². The van der Waals surface area contributed by atoms with E-state index in [1.807, 2.05) is 181 Å². The molecule has 2 N–H and O–H groups in total. The number of benzene rings is 1. The molecule has 9 heteroatoms. The van der Waals surface area contributed by atoms with Crippen LogP contribution in [-0.4, -0.2) is 45.1 Å². The van der Waals surface area contributed by atoms with E-state index >= 15 is 0 Å². The van der Waals surface area contributed by atoms with Crippen LogP contribution >= 0.6 is 0 Å². The molecule has 0 unspecified atom stereocenters. The van der Waals surface area contributed by atoms with Crippen molar-refractivity contribution >= 4 is 71.5 Å². The largest absolute Gasteiger partial charge is 0.541 e. The van der Waals surface area contributed by atoms with E-state index in [2.05, 4.69) is 56.3 Å². The first kappa shape index (κ1) is 50.0. The molecule has 8 nitrogen and oxygen atoms in total. The van der Waals surface area contributed by atoms with Gasteiger partial charge >= 0.3 is 0 Å². The summed E-state index contributed by atoms with van der Waals surface area (Å²) < 4.78 is 0. The van der Waals surface area contributed by atoms with Crippen LogP contribution in [0.15, 0.2) is 78.9 Å². The van der Waals surface area contributed by atoms with Gasteiger partial charge in [-0.2, -0.15) is 36.4 Å². The molecule has 8 bridgehead atoms. The van der Waals surface area contributed by atoms with E-state index in [1.54, 1.807) is 0 Å². The molecule has 2 aliphatic rings. The summed E-state index contributed by atoms with van der Waals surface area (Å²) in [5.41, 5.74) is 6.80. The van der Waals surface area contributed by atoms with Gasteiger partial charge in [0.2, 0.25) is 0 Å². The standard InChI is InChI=1S/C20H14N4.C6H5.4C5H9O.Co/c1-2-14-10-16-5-6-18(23-16)12-20-8-7-19(24-20)11-17-4-3-15(22-17)9-13(1)21-14;1-2-4-6-5-3-1;4*1-5(2,3)4-6;/h1-12,21-22H;1-5H;4*1-3H3;/q;5*-1;. The summed E-state index contributed by atoms with van der Waals surface area (Å²) in [4.78, 5) is 54.8. The monoisotopic (exact) mass is 786 g/mol. The van der Waals surface area contributed by atoms with Gasteiger partial charge in [0.15, 0.2) is 0 Å².